The molecule has 0 aromatic heterocycles. The highest BCUT2D eigenvalue weighted by Crippen LogP contribution is 2.16. The SMILES string of the molecule is COCC(NC(=O)N1CCCC1C)C(=O)O. The number of nitrogens with zero attached hydrogens (tertiary/aromatic N) is 1. The average molecular weight is 230 g/mol. The van der Waals surface area contributed by atoms with Crippen LogP contribution in [0.4, 0.5) is 4.79 Å². The monoisotopic (exact) mass is 230 g/mol. The maximum atomic E-state index is 11.7. The fourth-order valence-electron chi connectivity index (χ4n) is 1.81. The molecule has 1 heterocycles. The molecule has 0 aromatic rings. The lowest BCUT2D eigenvalue weighted by atomic mass is 10.2. The van der Waals surface area contributed by atoms with Crippen LogP contribution in [0, 0.1) is 0 Å². The number of carboxylic acids is 1. The number of rotatable bonds is 4. The number of carbonyl (C=O) groups excluding carboxylic acids is 1. The molecule has 2 amide bonds. The molecule has 0 bridgehead atoms. The normalized spacial score (nSPS) is 21.9. The third-order valence-corrected chi connectivity index (χ3v) is 2.74. The number of urea groups is 1. The lowest BCUT2D eigenvalue weighted by Crippen LogP contribution is -2.50. The zero-order chi connectivity index (χ0) is 12.1. The van der Waals surface area contributed by atoms with Gasteiger partial charge in [0.2, 0.25) is 0 Å². The molecule has 2 atom stereocenters. The van der Waals surface area contributed by atoms with Gasteiger partial charge >= 0.3 is 12.0 Å². The van der Waals surface area contributed by atoms with Crippen LogP contribution in [0.1, 0.15) is 19.8 Å². The lowest BCUT2D eigenvalue weighted by molar-refractivity contribution is -0.140. The smallest absolute Gasteiger partial charge is 0.328 e. The first kappa shape index (κ1) is 12.8. The zero-order valence-corrected chi connectivity index (χ0v) is 9.60. The molecule has 0 saturated carbocycles. The van der Waals surface area contributed by atoms with E-state index in [-0.39, 0.29) is 18.7 Å². The minimum Gasteiger partial charge on any atom is -0.480 e. The predicted molar refractivity (Wildman–Crippen MR) is 57.2 cm³/mol. The Morgan fingerprint density at radius 3 is 2.75 bits per heavy atom. The van der Waals surface area contributed by atoms with Gasteiger partial charge in [-0.05, 0) is 19.8 Å². The van der Waals surface area contributed by atoms with Gasteiger partial charge < -0.3 is 20.1 Å². The largest absolute Gasteiger partial charge is 0.480 e. The molecule has 0 spiro atoms. The first-order valence-electron chi connectivity index (χ1n) is 5.35. The number of carbonyl (C=O) groups is 2. The molecule has 6 nitrogen and oxygen atoms in total. The average Bonchev–Trinajstić information content (AvgIpc) is 2.63. The molecule has 1 rings (SSSR count). The van der Waals surface area contributed by atoms with Crippen molar-refractivity contribution in [1.82, 2.24) is 10.2 Å². The molecular formula is C10H18N2O4. The number of ether oxygens (including phenoxy) is 1. The number of nitrogens with one attached hydrogen (secondary N) is 1. The Hall–Kier alpha value is -1.30. The second-order valence-electron chi connectivity index (χ2n) is 3.98. The molecule has 1 fully saturated rings. The Morgan fingerprint density at radius 1 is 1.62 bits per heavy atom. The van der Waals surface area contributed by atoms with E-state index in [2.05, 4.69) is 5.32 Å². The molecule has 0 radical (unpaired) electrons. The number of amides is 2. The molecule has 0 aromatic carbocycles. The van der Waals surface area contributed by atoms with E-state index in [4.69, 9.17) is 9.84 Å². The second kappa shape index (κ2) is 5.69. The van der Waals surface area contributed by atoms with Gasteiger partial charge in [0.25, 0.3) is 0 Å². The lowest BCUT2D eigenvalue weighted by Gasteiger charge is -2.24. The Labute approximate surface area is 94.6 Å². The third kappa shape index (κ3) is 3.10. The summed E-state index contributed by atoms with van der Waals surface area (Å²) in [4.78, 5) is 24.2. The summed E-state index contributed by atoms with van der Waals surface area (Å²) in [6.07, 6.45) is 1.94. The van der Waals surface area contributed by atoms with E-state index in [1.807, 2.05) is 6.92 Å². The van der Waals surface area contributed by atoms with Crippen LogP contribution in [0.3, 0.4) is 0 Å². The highest BCUT2D eigenvalue weighted by Gasteiger charge is 2.28. The van der Waals surface area contributed by atoms with Crippen molar-refractivity contribution in [3.05, 3.63) is 0 Å². The maximum Gasteiger partial charge on any atom is 0.328 e. The van der Waals surface area contributed by atoms with Crippen LogP contribution in [-0.4, -0.2) is 54.4 Å². The number of hydrogen-bond donors (Lipinski definition) is 2. The fraction of sp³-hybridized carbons (Fsp3) is 0.800. The van der Waals surface area contributed by atoms with Crippen LogP contribution >= 0.6 is 0 Å². The van der Waals surface area contributed by atoms with Crippen molar-refractivity contribution in [2.24, 2.45) is 0 Å². The highest BCUT2D eigenvalue weighted by molar-refractivity contribution is 5.82. The Kier molecular flexibility index (Phi) is 4.54. The highest BCUT2D eigenvalue weighted by atomic mass is 16.5. The van der Waals surface area contributed by atoms with Crippen LogP contribution < -0.4 is 5.32 Å². The van der Waals surface area contributed by atoms with Gasteiger partial charge in [0.05, 0.1) is 6.61 Å². The standard InChI is InChI=1S/C10H18N2O4/c1-7-4-3-5-12(7)10(15)11-8(6-16-2)9(13)14/h7-8H,3-6H2,1-2H3,(H,11,15)(H,13,14). The summed E-state index contributed by atoms with van der Waals surface area (Å²) in [6, 6.07) is -1.13. The zero-order valence-electron chi connectivity index (χ0n) is 9.60. The number of carboxylic acid groups (broad SMARTS) is 1. The predicted octanol–water partition coefficient (Wildman–Crippen LogP) is 0.280. The molecule has 1 aliphatic heterocycles. The van der Waals surface area contributed by atoms with Crippen molar-refractivity contribution in [2.75, 3.05) is 20.3 Å². The summed E-state index contributed by atoms with van der Waals surface area (Å²) in [5, 5.41) is 11.3. The van der Waals surface area contributed by atoms with Gasteiger partial charge in [0.15, 0.2) is 6.04 Å². The molecule has 16 heavy (non-hydrogen) atoms. The number of methoxy groups -OCH3 is 1. The number of likely N-dealkylation sites (tertiary alicyclic amines) is 1. The van der Waals surface area contributed by atoms with Gasteiger partial charge in [-0.15, -0.1) is 0 Å². The maximum absolute atomic E-state index is 11.7. The minimum atomic E-state index is -1.08. The second-order valence-corrected chi connectivity index (χ2v) is 3.98. The van der Waals surface area contributed by atoms with E-state index in [0.717, 1.165) is 12.8 Å². The summed E-state index contributed by atoms with van der Waals surface area (Å²) >= 11 is 0. The Morgan fingerprint density at radius 2 is 2.31 bits per heavy atom. The van der Waals surface area contributed by atoms with Crippen LogP contribution in [0.2, 0.25) is 0 Å². The van der Waals surface area contributed by atoms with E-state index < -0.39 is 12.0 Å². The van der Waals surface area contributed by atoms with E-state index in [1.165, 1.54) is 7.11 Å². The van der Waals surface area contributed by atoms with Gasteiger partial charge in [-0.25, -0.2) is 9.59 Å². The number of aliphatic carboxylic acids is 1. The van der Waals surface area contributed by atoms with Crippen molar-refractivity contribution in [3.8, 4) is 0 Å². The van der Waals surface area contributed by atoms with Gasteiger partial charge in [0.1, 0.15) is 0 Å². The molecule has 1 saturated heterocycles. The van der Waals surface area contributed by atoms with Crippen LogP contribution in [0.15, 0.2) is 0 Å². The Balaban J connectivity index is 2.50. The first-order chi connectivity index (χ1) is 7.56. The van der Waals surface area contributed by atoms with E-state index >= 15 is 0 Å². The van der Waals surface area contributed by atoms with E-state index in [9.17, 15) is 9.59 Å². The van der Waals surface area contributed by atoms with Crippen LogP contribution in [0.25, 0.3) is 0 Å². The molecule has 6 heteroatoms. The van der Waals surface area contributed by atoms with Gasteiger partial charge in [-0.2, -0.15) is 0 Å². The first-order valence-corrected chi connectivity index (χ1v) is 5.35. The molecule has 2 N–H and O–H groups in total. The van der Waals surface area contributed by atoms with Crippen LogP contribution in [-0.2, 0) is 9.53 Å². The van der Waals surface area contributed by atoms with E-state index in [0.29, 0.717) is 6.54 Å². The van der Waals surface area contributed by atoms with Crippen molar-refractivity contribution in [2.45, 2.75) is 31.8 Å². The van der Waals surface area contributed by atoms with Gasteiger partial charge in [0, 0.05) is 19.7 Å². The molecule has 1 aliphatic rings. The molecule has 0 aliphatic carbocycles. The van der Waals surface area contributed by atoms with Gasteiger partial charge in [-0.3, -0.25) is 0 Å². The third-order valence-electron chi connectivity index (χ3n) is 2.74. The quantitative estimate of drug-likeness (QED) is 0.727. The minimum absolute atomic E-state index is 0.0245. The summed E-state index contributed by atoms with van der Waals surface area (Å²) in [7, 11) is 1.40. The summed E-state index contributed by atoms with van der Waals surface area (Å²) in [6.45, 7) is 2.62. The number of hydrogen-bond acceptors (Lipinski definition) is 3. The van der Waals surface area contributed by atoms with Crippen molar-refractivity contribution in [3.63, 3.8) is 0 Å². The van der Waals surface area contributed by atoms with Crippen LogP contribution in [0.5, 0.6) is 0 Å². The fourth-order valence-corrected chi connectivity index (χ4v) is 1.81. The molecule has 2 unspecified atom stereocenters. The Bertz CT molecular complexity index is 270. The summed E-state index contributed by atoms with van der Waals surface area (Å²) in [5.41, 5.74) is 0. The van der Waals surface area contributed by atoms with Crippen molar-refractivity contribution >= 4 is 12.0 Å². The molecule has 92 valence electrons. The van der Waals surface area contributed by atoms with E-state index in [1.54, 1.807) is 4.90 Å². The summed E-state index contributed by atoms with van der Waals surface area (Å²) < 4.78 is 4.74. The van der Waals surface area contributed by atoms with Crippen molar-refractivity contribution < 1.29 is 19.4 Å². The topological polar surface area (TPSA) is 78.9 Å². The molecular weight excluding hydrogens is 212 g/mol. The van der Waals surface area contributed by atoms with Crippen molar-refractivity contribution in [1.29, 1.82) is 0 Å². The summed E-state index contributed by atoms with van der Waals surface area (Å²) in [5.74, 6) is -1.08. The van der Waals surface area contributed by atoms with Gasteiger partial charge in [-0.1, -0.05) is 0 Å².